The van der Waals surface area contributed by atoms with Crippen LogP contribution in [0.2, 0.25) is 0 Å². The number of nitrogens with zero attached hydrogens (tertiary/aromatic N) is 3. The second kappa shape index (κ2) is 4.48. The van der Waals surface area contributed by atoms with E-state index < -0.39 is 12.1 Å². The predicted octanol–water partition coefficient (Wildman–Crippen LogP) is -0.0308. The Morgan fingerprint density at radius 3 is 2.94 bits per heavy atom. The number of aliphatic hydroxyl groups is 1. The van der Waals surface area contributed by atoms with Crippen LogP contribution in [0.5, 0.6) is 0 Å². The molecule has 90 valence electrons. The Bertz CT molecular complexity index is 551. The molecular formula is C10H12N4O3. The van der Waals surface area contributed by atoms with Crippen molar-refractivity contribution in [3.63, 3.8) is 0 Å². The van der Waals surface area contributed by atoms with Crippen LogP contribution in [0, 0.1) is 0 Å². The van der Waals surface area contributed by atoms with Gasteiger partial charge in [0.1, 0.15) is 11.7 Å². The second-order valence-electron chi connectivity index (χ2n) is 3.59. The van der Waals surface area contributed by atoms with Crippen molar-refractivity contribution in [2.75, 3.05) is 6.61 Å². The first-order chi connectivity index (χ1) is 8.15. The standard InChI is InChI=1S/C10H12N4O3/c11-8(4-5-15)14-7-3-1-2-6(10(16)17)9(7)12-13-14/h1-3,8,15H,4-5,11H2,(H,16,17). The summed E-state index contributed by atoms with van der Waals surface area (Å²) in [7, 11) is 0. The third-order valence-electron chi connectivity index (χ3n) is 2.47. The third kappa shape index (κ3) is 1.97. The van der Waals surface area contributed by atoms with Gasteiger partial charge in [-0.15, -0.1) is 5.10 Å². The molecular weight excluding hydrogens is 224 g/mol. The van der Waals surface area contributed by atoms with E-state index in [1.807, 2.05) is 0 Å². The summed E-state index contributed by atoms with van der Waals surface area (Å²) >= 11 is 0. The van der Waals surface area contributed by atoms with Gasteiger partial charge in [-0.3, -0.25) is 0 Å². The number of aromatic carboxylic acids is 1. The number of rotatable bonds is 4. The summed E-state index contributed by atoms with van der Waals surface area (Å²) in [5.74, 6) is -1.06. The summed E-state index contributed by atoms with van der Waals surface area (Å²) in [4.78, 5) is 11.0. The number of carboxylic acid groups (broad SMARTS) is 1. The lowest BCUT2D eigenvalue weighted by Gasteiger charge is -2.10. The van der Waals surface area contributed by atoms with E-state index in [1.165, 1.54) is 10.7 Å². The summed E-state index contributed by atoms with van der Waals surface area (Å²) < 4.78 is 1.41. The number of aliphatic hydroxyl groups excluding tert-OH is 1. The number of hydrogen-bond acceptors (Lipinski definition) is 5. The van der Waals surface area contributed by atoms with Gasteiger partial charge in [-0.25, -0.2) is 9.48 Å². The van der Waals surface area contributed by atoms with Gasteiger partial charge in [0.25, 0.3) is 0 Å². The van der Waals surface area contributed by atoms with Gasteiger partial charge in [0, 0.05) is 13.0 Å². The molecule has 0 fully saturated rings. The van der Waals surface area contributed by atoms with Crippen molar-refractivity contribution in [1.29, 1.82) is 0 Å². The van der Waals surface area contributed by atoms with E-state index in [-0.39, 0.29) is 12.2 Å². The molecule has 1 heterocycles. The Morgan fingerprint density at radius 2 is 2.29 bits per heavy atom. The Labute approximate surface area is 96.5 Å². The van der Waals surface area contributed by atoms with E-state index in [9.17, 15) is 4.79 Å². The number of hydrogen-bond donors (Lipinski definition) is 3. The number of carbonyl (C=O) groups is 1. The minimum atomic E-state index is -1.06. The number of carboxylic acids is 1. The smallest absolute Gasteiger partial charge is 0.338 e. The SMILES string of the molecule is NC(CCO)n1nnc2c(C(=O)O)cccc21. The van der Waals surface area contributed by atoms with Gasteiger partial charge in [-0.1, -0.05) is 11.3 Å². The molecule has 0 radical (unpaired) electrons. The highest BCUT2D eigenvalue weighted by Gasteiger charge is 2.16. The van der Waals surface area contributed by atoms with E-state index in [1.54, 1.807) is 12.1 Å². The lowest BCUT2D eigenvalue weighted by molar-refractivity contribution is 0.0699. The van der Waals surface area contributed by atoms with Crippen molar-refractivity contribution in [3.05, 3.63) is 23.8 Å². The Kier molecular flexibility index (Phi) is 3.03. The largest absolute Gasteiger partial charge is 0.478 e. The summed E-state index contributed by atoms with van der Waals surface area (Å²) in [5, 5.41) is 25.4. The minimum absolute atomic E-state index is 0.0683. The molecule has 1 aromatic carbocycles. The molecule has 17 heavy (non-hydrogen) atoms. The molecule has 1 aromatic heterocycles. The predicted molar refractivity (Wildman–Crippen MR) is 59.4 cm³/mol. The number of benzene rings is 1. The van der Waals surface area contributed by atoms with Gasteiger partial charge in [-0.2, -0.15) is 0 Å². The topological polar surface area (TPSA) is 114 Å². The van der Waals surface area contributed by atoms with E-state index >= 15 is 0 Å². The fourth-order valence-electron chi connectivity index (χ4n) is 1.63. The molecule has 2 rings (SSSR count). The molecule has 0 amide bonds. The van der Waals surface area contributed by atoms with E-state index in [0.717, 1.165) is 0 Å². The number of aromatic nitrogens is 3. The molecule has 0 bridgehead atoms. The third-order valence-corrected chi connectivity index (χ3v) is 2.47. The van der Waals surface area contributed by atoms with Crippen molar-refractivity contribution >= 4 is 17.0 Å². The lowest BCUT2D eigenvalue weighted by Crippen LogP contribution is -2.21. The van der Waals surface area contributed by atoms with Gasteiger partial charge in [0.05, 0.1) is 11.1 Å². The maximum atomic E-state index is 11.0. The summed E-state index contributed by atoms with van der Waals surface area (Å²) in [6.45, 7) is -0.0683. The highest BCUT2D eigenvalue weighted by molar-refractivity contribution is 6.00. The first kappa shape index (κ1) is 11.5. The van der Waals surface area contributed by atoms with Crippen LogP contribution in [0.25, 0.3) is 11.0 Å². The molecule has 0 saturated heterocycles. The van der Waals surface area contributed by atoms with Crippen molar-refractivity contribution in [3.8, 4) is 0 Å². The summed E-state index contributed by atoms with van der Waals surface area (Å²) in [5.41, 5.74) is 6.73. The molecule has 1 unspecified atom stereocenters. The number of fused-ring (bicyclic) bond motifs is 1. The first-order valence-corrected chi connectivity index (χ1v) is 5.08. The summed E-state index contributed by atoms with van der Waals surface area (Å²) in [6, 6.07) is 4.76. The maximum Gasteiger partial charge on any atom is 0.338 e. The Hall–Kier alpha value is -1.99. The van der Waals surface area contributed by atoms with Crippen LogP contribution in [-0.2, 0) is 0 Å². The van der Waals surface area contributed by atoms with Gasteiger partial charge < -0.3 is 15.9 Å². The average Bonchev–Trinajstić information content (AvgIpc) is 2.72. The molecule has 2 aromatic rings. The monoisotopic (exact) mass is 236 g/mol. The highest BCUT2D eigenvalue weighted by Crippen LogP contribution is 2.18. The molecule has 0 aliphatic heterocycles. The van der Waals surface area contributed by atoms with E-state index in [2.05, 4.69) is 10.3 Å². The van der Waals surface area contributed by atoms with Crippen LogP contribution in [0.4, 0.5) is 0 Å². The zero-order valence-corrected chi connectivity index (χ0v) is 8.95. The van der Waals surface area contributed by atoms with Crippen LogP contribution in [0.3, 0.4) is 0 Å². The normalized spacial score (nSPS) is 12.8. The van der Waals surface area contributed by atoms with Crippen LogP contribution in [0.1, 0.15) is 22.9 Å². The quantitative estimate of drug-likeness (QED) is 0.686. The van der Waals surface area contributed by atoms with E-state index in [4.69, 9.17) is 15.9 Å². The zero-order chi connectivity index (χ0) is 12.4. The van der Waals surface area contributed by atoms with Crippen LogP contribution in [0.15, 0.2) is 18.2 Å². The van der Waals surface area contributed by atoms with E-state index in [0.29, 0.717) is 17.5 Å². The molecule has 0 saturated carbocycles. The zero-order valence-electron chi connectivity index (χ0n) is 8.95. The van der Waals surface area contributed by atoms with Crippen molar-refractivity contribution in [2.24, 2.45) is 5.73 Å². The maximum absolute atomic E-state index is 11.0. The highest BCUT2D eigenvalue weighted by atomic mass is 16.4. The Morgan fingerprint density at radius 1 is 1.53 bits per heavy atom. The van der Waals surface area contributed by atoms with Gasteiger partial charge >= 0.3 is 5.97 Å². The van der Waals surface area contributed by atoms with Crippen molar-refractivity contribution < 1.29 is 15.0 Å². The van der Waals surface area contributed by atoms with Crippen LogP contribution < -0.4 is 5.73 Å². The van der Waals surface area contributed by atoms with Crippen LogP contribution in [-0.4, -0.2) is 37.8 Å². The first-order valence-electron chi connectivity index (χ1n) is 5.08. The van der Waals surface area contributed by atoms with Gasteiger partial charge in [0.15, 0.2) is 0 Å². The Balaban J connectivity index is 2.54. The molecule has 4 N–H and O–H groups in total. The van der Waals surface area contributed by atoms with Crippen LogP contribution >= 0.6 is 0 Å². The minimum Gasteiger partial charge on any atom is -0.478 e. The number of nitrogens with two attached hydrogens (primary N) is 1. The molecule has 1 atom stereocenters. The lowest BCUT2D eigenvalue weighted by atomic mass is 10.2. The fourth-order valence-corrected chi connectivity index (χ4v) is 1.63. The fraction of sp³-hybridized carbons (Fsp3) is 0.300. The van der Waals surface area contributed by atoms with Gasteiger partial charge in [-0.05, 0) is 12.1 Å². The van der Waals surface area contributed by atoms with Crippen molar-refractivity contribution in [1.82, 2.24) is 15.0 Å². The molecule has 7 nitrogen and oxygen atoms in total. The van der Waals surface area contributed by atoms with Gasteiger partial charge in [0.2, 0.25) is 0 Å². The van der Waals surface area contributed by atoms with Crippen molar-refractivity contribution in [2.45, 2.75) is 12.6 Å². The molecule has 0 aliphatic rings. The average molecular weight is 236 g/mol. The molecule has 0 spiro atoms. The molecule has 7 heteroatoms. The summed E-state index contributed by atoms with van der Waals surface area (Å²) in [6.07, 6.45) is -0.190. The second-order valence-corrected chi connectivity index (χ2v) is 3.59. The molecule has 0 aliphatic carbocycles.